The lowest BCUT2D eigenvalue weighted by Gasteiger charge is -2.11. The third kappa shape index (κ3) is 8.28. The van der Waals surface area contributed by atoms with Gasteiger partial charge in [-0.1, -0.05) is 12.1 Å². The minimum Gasteiger partial charge on any atom is -0.480 e. The van der Waals surface area contributed by atoms with Crippen molar-refractivity contribution in [3.05, 3.63) is 66.7 Å². The fraction of sp³-hybridized carbons (Fsp3) is 0.318. The van der Waals surface area contributed by atoms with E-state index in [4.69, 9.17) is 10.8 Å². The first-order valence-corrected chi connectivity index (χ1v) is 12.3. The maximum Gasteiger partial charge on any atom is 0.326 e. The van der Waals surface area contributed by atoms with E-state index in [2.05, 4.69) is 64.4 Å². The third-order valence-electron chi connectivity index (χ3n) is 4.28. The average molecular weight is 478 g/mol. The molecule has 31 heavy (non-hydrogen) atoms. The van der Waals surface area contributed by atoms with Crippen molar-refractivity contribution in [1.29, 1.82) is 0 Å². The zero-order valence-electron chi connectivity index (χ0n) is 17.5. The molecule has 1 amide bonds. The Morgan fingerprint density at radius 3 is 2.23 bits per heavy atom. The minimum atomic E-state index is -1.04. The van der Waals surface area contributed by atoms with Crippen molar-refractivity contribution in [3.63, 3.8) is 0 Å². The molecule has 0 spiro atoms. The predicted octanol–water partition coefficient (Wildman–Crippen LogP) is 4.70. The van der Waals surface area contributed by atoms with Crippen LogP contribution in [0.5, 0.6) is 0 Å². The summed E-state index contributed by atoms with van der Waals surface area (Å²) in [5.74, 6) is -0.125. The number of hydrogen-bond acceptors (Lipinski definition) is 6. The van der Waals surface area contributed by atoms with Gasteiger partial charge in [-0.3, -0.25) is 9.79 Å². The van der Waals surface area contributed by atoms with Crippen LogP contribution in [0.3, 0.4) is 0 Å². The number of aryl methyl sites for hydroxylation is 1. The Bertz CT molecular complexity index is 912. The first kappa shape index (κ1) is 24.8. The summed E-state index contributed by atoms with van der Waals surface area (Å²) in [5.41, 5.74) is 5.29. The fourth-order valence-corrected chi connectivity index (χ4v) is 5.81. The molecule has 4 N–H and O–H groups in total. The SMILES string of the molecule is CC(N)=NCCCC(NC=O)C(=O)O.Cc1ccc(C(c2cccs2)c2cccs2)s1. The van der Waals surface area contributed by atoms with Gasteiger partial charge in [-0.25, -0.2) is 4.79 Å². The van der Waals surface area contributed by atoms with E-state index in [1.807, 2.05) is 34.0 Å². The first-order valence-electron chi connectivity index (χ1n) is 9.74. The molecule has 3 aromatic heterocycles. The molecule has 0 radical (unpaired) electrons. The number of carboxylic acid groups (broad SMARTS) is 1. The van der Waals surface area contributed by atoms with Crippen LogP contribution in [0.15, 0.2) is 52.2 Å². The van der Waals surface area contributed by atoms with Crippen LogP contribution in [0.4, 0.5) is 0 Å². The molecule has 0 saturated carbocycles. The van der Waals surface area contributed by atoms with Crippen molar-refractivity contribution in [2.75, 3.05) is 6.54 Å². The van der Waals surface area contributed by atoms with Crippen LogP contribution in [0.25, 0.3) is 0 Å². The number of amidine groups is 1. The Hall–Kier alpha value is -2.49. The van der Waals surface area contributed by atoms with E-state index in [9.17, 15) is 9.59 Å². The van der Waals surface area contributed by atoms with E-state index in [1.54, 1.807) is 6.92 Å². The molecule has 1 atom stereocenters. The Kier molecular flexibility index (Phi) is 10.4. The monoisotopic (exact) mass is 477 g/mol. The van der Waals surface area contributed by atoms with E-state index in [1.165, 1.54) is 19.5 Å². The molecular formula is C22H27N3O3S3. The highest BCUT2D eigenvalue weighted by atomic mass is 32.1. The smallest absolute Gasteiger partial charge is 0.326 e. The highest BCUT2D eigenvalue weighted by molar-refractivity contribution is 7.14. The molecule has 3 rings (SSSR count). The fourth-order valence-electron chi connectivity index (χ4n) is 2.85. The number of hydrogen-bond donors (Lipinski definition) is 3. The largest absolute Gasteiger partial charge is 0.480 e. The molecule has 6 nitrogen and oxygen atoms in total. The number of carbonyl (C=O) groups excluding carboxylic acids is 1. The standard InChI is InChI=1S/C14H12S3.C8H15N3O3/c1-10-6-7-13(17-10)14(11-4-2-8-15-11)12-5-3-9-16-12;1-6(9)10-4-2-3-7(8(13)14)11-5-12/h2-9,14H,1H3;5,7H,2-4H2,1H3,(H2,9,10)(H,11,12)(H,13,14). The topological polar surface area (TPSA) is 105 Å². The number of amides is 1. The van der Waals surface area contributed by atoms with Crippen LogP contribution in [0, 0.1) is 6.92 Å². The predicted molar refractivity (Wildman–Crippen MR) is 131 cm³/mol. The highest BCUT2D eigenvalue weighted by Crippen LogP contribution is 2.39. The zero-order valence-corrected chi connectivity index (χ0v) is 19.9. The first-order chi connectivity index (χ1) is 14.9. The highest BCUT2D eigenvalue weighted by Gasteiger charge is 2.20. The summed E-state index contributed by atoms with van der Waals surface area (Å²) >= 11 is 5.60. The van der Waals surface area contributed by atoms with Crippen LogP contribution >= 0.6 is 34.0 Å². The summed E-state index contributed by atoms with van der Waals surface area (Å²) in [4.78, 5) is 30.2. The van der Waals surface area contributed by atoms with Crippen LogP contribution in [-0.2, 0) is 9.59 Å². The quantitative estimate of drug-likeness (QED) is 0.170. The molecule has 3 aromatic rings. The molecule has 9 heteroatoms. The van der Waals surface area contributed by atoms with E-state index in [-0.39, 0.29) is 0 Å². The van der Waals surface area contributed by atoms with Crippen molar-refractivity contribution in [2.24, 2.45) is 10.7 Å². The summed E-state index contributed by atoms with van der Waals surface area (Å²) in [5, 5.41) is 15.2. The Labute approximate surface area is 194 Å². The Morgan fingerprint density at radius 2 is 1.81 bits per heavy atom. The van der Waals surface area contributed by atoms with Crippen LogP contribution in [0.1, 0.15) is 45.2 Å². The lowest BCUT2D eigenvalue weighted by Crippen LogP contribution is -2.35. The van der Waals surface area contributed by atoms with Crippen molar-refractivity contribution < 1.29 is 14.7 Å². The third-order valence-corrected chi connectivity index (χ3v) is 7.22. The molecule has 0 aliphatic heterocycles. The number of nitrogens with zero attached hydrogens (tertiary/aromatic N) is 1. The number of aliphatic imine (C=N–C) groups is 1. The molecule has 3 heterocycles. The Balaban J connectivity index is 0.000000226. The van der Waals surface area contributed by atoms with Gasteiger partial charge in [-0.05, 0) is 61.7 Å². The Morgan fingerprint density at radius 1 is 1.16 bits per heavy atom. The second-order valence-electron chi connectivity index (χ2n) is 6.75. The van der Waals surface area contributed by atoms with Crippen LogP contribution in [-0.4, -0.2) is 35.9 Å². The lowest BCUT2D eigenvalue weighted by atomic mass is 10.0. The molecule has 0 bridgehead atoms. The van der Waals surface area contributed by atoms with Crippen molar-refractivity contribution >= 4 is 52.2 Å². The van der Waals surface area contributed by atoms with E-state index in [0.29, 0.717) is 37.6 Å². The van der Waals surface area contributed by atoms with E-state index in [0.717, 1.165) is 0 Å². The zero-order chi connectivity index (χ0) is 22.6. The van der Waals surface area contributed by atoms with Crippen molar-refractivity contribution in [3.8, 4) is 0 Å². The van der Waals surface area contributed by atoms with Gasteiger partial charge in [-0.2, -0.15) is 0 Å². The summed E-state index contributed by atoms with van der Waals surface area (Å²) in [6.45, 7) is 4.32. The number of carbonyl (C=O) groups is 2. The van der Waals surface area contributed by atoms with Gasteiger partial charge in [0.2, 0.25) is 6.41 Å². The second kappa shape index (κ2) is 13.0. The molecule has 0 aliphatic carbocycles. The second-order valence-corrected chi connectivity index (χ2v) is 10.0. The summed E-state index contributed by atoms with van der Waals surface area (Å²) in [7, 11) is 0. The van der Waals surface area contributed by atoms with Crippen LogP contribution < -0.4 is 11.1 Å². The maximum absolute atomic E-state index is 10.5. The number of nitrogens with two attached hydrogens (primary N) is 1. The number of aliphatic carboxylic acids is 1. The van der Waals surface area contributed by atoms with Gasteiger partial charge >= 0.3 is 5.97 Å². The normalized spacial score (nSPS) is 12.2. The number of carboxylic acids is 1. The van der Waals surface area contributed by atoms with Gasteiger partial charge in [0, 0.05) is 26.1 Å². The molecule has 1 unspecified atom stereocenters. The number of thiophene rings is 3. The molecule has 0 aliphatic rings. The van der Waals surface area contributed by atoms with Crippen molar-refractivity contribution in [1.82, 2.24) is 5.32 Å². The van der Waals surface area contributed by atoms with Gasteiger partial charge in [-0.15, -0.1) is 34.0 Å². The average Bonchev–Trinajstić information content (AvgIpc) is 3.49. The number of nitrogens with one attached hydrogen (secondary N) is 1. The van der Waals surface area contributed by atoms with E-state index >= 15 is 0 Å². The van der Waals surface area contributed by atoms with E-state index < -0.39 is 12.0 Å². The van der Waals surface area contributed by atoms with Gasteiger partial charge in [0.15, 0.2) is 0 Å². The van der Waals surface area contributed by atoms with Gasteiger partial charge in [0.05, 0.1) is 11.8 Å². The molecule has 0 saturated heterocycles. The maximum atomic E-state index is 10.5. The summed E-state index contributed by atoms with van der Waals surface area (Å²) in [6.07, 6.45) is 1.31. The summed E-state index contributed by atoms with van der Waals surface area (Å²) in [6, 6.07) is 12.4. The van der Waals surface area contributed by atoms with Gasteiger partial charge in [0.25, 0.3) is 0 Å². The minimum absolute atomic E-state index is 0.352. The van der Waals surface area contributed by atoms with Crippen molar-refractivity contribution in [2.45, 2.75) is 38.6 Å². The van der Waals surface area contributed by atoms with Gasteiger partial charge < -0.3 is 16.2 Å². The molecule has 0 aromatic carbocycles. The van der Waals surface area contributed by atoms with Crippen LogP contribution in [0.2, 0.25) is 0 Å². The summed E-state index contributed by atoms with van der Waals surface area (Å²) < 4.78 is 0. The molecule has 166 valence electrons. The molecule has 0 fully saturated rings. The molecular weight excluding hydrogens is 450 g/mol. The van der Waals surface area contributed by atoms with Gasteiger partial charge in [0.1, 0.15) is 6.04 Å². The lowest BCUT2D eigenvalue weighted by molar-refractivity contribution is -0.140. The number of rotatable bonds is 10.